The van der Waals surface area contributed by atoms with Crippen molar-refractivity contribution in [3.05, 3.63) is 0 Å². The summed E-state index contributed by atoms with van der Waals surface area (Å²) in [6.07, 6.45) is 4.82. The van der Waals surface area contributed by atoms with Crippen molar-refractivity contribution >= 4 is 0 Å². The third-order valence-corrected chi connectivity index (χ3v) is 2.60. The first-order valence-electron chi connectivity index (χ1n) is 4.12. The molecule has 0 aromatic rings. The van der Waals surface area contributed by atoms with E-state index in [4.69, 9.17) is 11.5 Å². The fourth-order valence-corrected chi connectivity index (χ4v) is 1.81. The predicted octanol–water partition coefficient (Wildman–Crippen LogP) is 0.853. The van der Waals surface area contributed by atoms with Crippen LogP contribution in [0.25, 0.3) is 0 Å². The van der Waals surface area contributed by atoms with E-state index in [2.05, 4.69) is 6.92 Å². The molecule has 0 amide bonds. The maximum Gasteiger partial charge on any atom is 0.00444 e. The van der Waals surface area contributed by atoms with Gasteiger partial charge in [0.05, 0.1) is 0 Å². The quantitative estimate of drug-likeness (QED) is 0.570. The normalized spacial score (nSPS) is 41.7. The van der Waals surface area contributed by atoms with Gasteiger partial charge in [0.2, 0.25) is 0 Å². The zero-order valence-electron chi connectivity index (χ0n) is 6.77. The Hall–Kier alpha value is -0.0800. The Kier molecular flexibility index (Phi) is 2.32. The molecule has 1 saturated carbocycles. The summed E-state index contributed by atoms with van der Waals surface area (Å²) in [7, 11) is 0. The van der Waals surface area contributed by atoms with Crippen molar-refractivity contribution in [1.29, 1.82) is 0 Å². The molecule has 1 rings (SSSR count). The second kappa shape index (κ2) is 2.89. The number of nitrogens with two attached hydrogens (primary N) is 2. The second-order valence-corrected chi connectivity index (χ2v) is 3.87. The fraction of sp³-hybridized carbons (Fsp3) is 1.00. The molecule has 2 heteroatoms. The van der Waals surface area contributed by atoms with E-state index in [-0.39, 0.29) is 0 Å². The number of rotatable bonds is 1. The van der Waals surface area contributed by atoms with Gasteiger partial charge in [-0.2, -0.15) is 0 Å². The van der Waals surface area contributed by atoms with Gasteiger partial charge in [-0.05, 0) is 31.2 Å². The zero-order chi connectivity index (χ0) is 7.61. The molecule has 0 saturated heterocycles. The average Bonchev–Trinajstić information content (AvgIpc) is 1.88. The van der Waals surface area contributed by atoms with Gasteiger partial charge in [0.25, 0.3) is 0 Å². The van der Waals surface area contributed by atoms with E-state index >= 15 is 0 Å². The minimum atomic E-state index is 0.345. The van der Waals surface area contributed by atoms with Gasteiger partial charge in [0.15, 0.2) is 0 Å². The summed E-state index contributed by atoms with van der Waals surface area (Å²) >= 11 is 0. The van der Waals surface area contributed by atoms with E-state index in [0.29, 0.717) is 11.5 Å². The summed E-state index contributed by atoms with van der Waals surface area (Å²) < 4.78 is 0. The molecule has 0 spiro atoms. The van der Waals surface area contributed by atoms with Gasteiger partial charge in [0.1, 0.15) is 0 Å². The van der Waals surface area contributed by atoms with Gasteiger partial charge in [-0.3, -0.25) is 0 Å². The molecule has 2 atom stereocenters. The Morgan fingerprint density at radius 2 is 2.30 bits per heavy atom. The lowest BCUT2D eigenvalue weighted by atomic mass is 9.74. The maximum absolute atomic E-state index is 5.83. The van der Waals surface area contributed by atoms with Crippen molar-refractivity contribution in [2.24, 2.45) is 16.9 Å². The third kappa shape index (κ3) is 1.70. The van der Waals surface area contributed by atoms with Crippen LogP contribution in [0.4, 0.5) is 0 Å². The third-order valence-electron chi connectivity index (χ3n) is 2.60. The maximum atomic E-state index is 5.83. The van der Waals surface area contributed by atoms with E-state index in [9.17, 15) is 0 Å². The Balaban J connectivity index is 2.45. The van der Waals surface area contributed by atoms with Crippen LogP contribution in [-0.4, -0.2) is 12.6 Å². The van der Waals surface area contributed by atoms with Crippen molar-refractivity contribution in [2.45, 2.75) is 38.6 Å². The van der Waals surface area contributed by atoms with Gasteiger partial charge < -0.3 is 11.5 Å². The summed E-state index contributed by atoms with van der Waals surface area (Å²) in [5.41, 5.74) is 11.8. The Bertz CT molecular complexity index is 114. The molecular formula is C8H18N2. The van der Waals surface area contributed by atoms with Crippen LogP contribution in [0.1, 0.15) is 32.6 Å². The van der Waals surface area contributed by atoms with Crippen LogP contribution >= 0.6 is 0 Å². The molecule has 1 aliphatic carbocycles. The highest BCUT2D eigenvalue weighted by Gasteiger charge is 2.28. The molecule has 0 bridgehead atoms. The molecule has 60 valence electrons. The fourth-order valence-electron chi connectivity index (χ4n) is 1.81. The van der Waals surface area contributed by atoms with Crippen LogP contribution in [0, 0.1) is 5.41 Å². The highest BCUT2D eigenvalue weighted by molar-refractivity contribution is 4.85. The second-order valence-electron chi connectivity index (χ2n) is 3.87. The van der Waals surface area contributed by atoms with E-state index < -0.39 is 0 Å². The van der Waals surface area contributed by atoms with Gasteiger partial charge in [-0.25, -0.2) is 0 Å². The first kappa shape index (κ1) is 8.02. The largest absolute Gasteiger partial charge is 0.330 e. The monoisotopic (exact) mass is 142 g/mol. The molecule has 1 fully saturated rings. The van der Waals surface area contributed by atoms with Crippen LogP contribution in [0.5, 0.6) is 0 Å². The molecule has 0 aliphatic heterocycles. The standard InChI is InChI=1S/C8H18N2/c1-8(6-9)4-2-3-7(10)5-8/h7H,2-6,9-10H2,1H3. The summed E-state index contributed by atoms with van der Waals surface area (Å²) in [5.74, 6) is 0. The lowest BCUT2D eigenvalue weighted by Crippen LogP contribution is -2.38. The molecule has 1 aliphatic rings. The lowest BCUT2D eigenvalue weighted by Gasteiger charge is -2.35. The summed E-state index contributed by atoms with van der Waals surface area (Å²) in [5, 5.41) is 0. The number of hydrogen-bond acceptors (Lipinski definition) is 2. The molecule has 0 radical (unpaired) electrons. The van der Waals surface area contributed by atoms with Gasteiger partial charge in [-0.15, -0.1) is 0 Å². The first-order chi connectivity index (χ1) is 4.66. The Morgan fingerprint density at radius 1 is 1.60 bits per heavy atom. The topological polar surface area (TPSA) is 52.0 Å². The molecule has 4 N–H and O–H groups in total. The Morgan fingerprint density at radius 3 is 2.70 bits per heavy atom. The zero-order valence-corrected chi connectivity index (χ0v) is 6.77. The van der Waals surface area contributed by atoms with Crippen LogP contribution < -0.4 is 11.5 Å². The molecular weight excluding hydrogens is 124 g/mol. The van der Waals surface area contributed by atoms with Gasteiger partial charge in [-0.1, -0.05) is 13.3 Å². The van der Waals surface area contributed by atoms with E-state index in [0.717, 1.165) is 13.0 Å². The smallest absolute Gasteiger partial charge is 0.00444 e. The SMILES string of the molecule is CC1(CN)CCCC(N)C1. The van der Waals surface area contributed by atoms with E-state index in [1.54, 1.807) is 0 Å². The Labute approximate surface area is 63.0 Å². The summed E-state index contributed by atoms with van der Waals surface area (Å²) in [6, 6.07) is 0.405. The molecule has 0 aromatic heterocycles. The van der Waals surface area contributed by atoms with Gasteiger partial charge in [0, 0.05) is 6.04 Å². The van der Waals surface area contributed by atoms with E-state index in [1.165, 1.54) is 19.3 Å². The number of hydrogen-bond donors (Lipinski definition) is 2. The molecule has 0 aromatic carbocycles. The summed E-state index contributed by atoms with van der Waals surface area (Å²) in [4.78, 5) is 0. The molecule has 0 heterocycles. The minimum Gasteiger partial charge on any atom is -0.330 e. The predicted molar refractivity (Wildman–Crippen MR) is 43.6 cm³/mol. The summed E-state index contributed by atoms with van der Waals surface area (Å²) in [6.45, 7) is 3.03. The molecule has 2 unspecified atom stereocenters. The highest BCUT2D eigenvalue weighted by Crippen LogP contribution is 2.33. The van der Waals surface area contributed by atoms with Crippen molar-refractivity contribution in [1.82, 2.24) is 0 Å². The van der Waals surface area contributed by atoms with Crippen LogP contribution in [-0.2, 0) is 0 Å². The van der Waals surface area contributed by atoms with Crippen LogP contribution in [0.3, 0.4) is 0 Å². The molecule has 10 heavy (non-hydrogen) atoms. The lowest BCUT2D eigenvalue weighted by molar-refractivity contribution is 0.205. The minimum absolute atomic E-state index is 0.345. The van der Waals surface area contributed by atoms with Crippen molar-refractivity contribution < 1.29 is 0 Å². The average molecular weight is 142 g/mol. The van der Waals surface area contributed by atoms with Crippen molar-refractivity contribution in [2.75, 3.05) is 6.54 Å². The molecule has 2 nitrogen and oxygen atoms in total. The van der Waals surface area contributed by atoms with Crippen LogP contribution in [0.2, 0.25) is 0 Å². The van der Waals surface area contributed by atoms with Crippen molar-refractivity contribution in [3.63, 3.8) is 0 Å². The first-order valence-corrected chi connectivity index (χ1v) is 4.12. The van der Waals surface area contributed by atoms with Crippen molar-refractivity contribution in [3.8, 4) is 0 Å². The van der Waals surface area contributed by atoms with Gasteiger partial charge >= 0.3 is 0 Å². The highest BCUT2D eigenvalue weighted by atomic mass is 14.7. The van der Waals surface area contributed by atoms with E-state index in [1.807, 2.05) is 0 Å². The van der Waals surface area contributed by atoms with Crippen LogP contribution in [0.15, 0.2) is 0 Å².